The molecule has 1 atom stereocenters. The van der Waals surface area contributed by atoms with E-state index in [0.29, 0.717) is 11.5 Å². The molecule has 0 unspecified atom stereocenters. The van der Waals surface area contributed by atoms with E-state index in [2.05, 4.69) is 35.0 Å². The zero-order valence-corrected chi connectivity index (χ0v) is 17.0. The van der Waals surface area contributed by atoms with E-state index in [9.17, 15) is 4.79 Å². The Balaban J connectivity index is 1.52. The molecule has 2 heterocycles. The van der Waals surface area contributed by atoms with E-state index in [1.807, 2.05) is 23.1 Å². The molecule has 1 saturated heterocycles. The van der Waals surface area contributed by atoms with Crippen LogP contribution in [0.1, 0.15) is 35.7 Å². The summed E-state index contributed by atoms with van der Waals surface area (Å²) in [5.41, 5.74) is 1.98. The molecule has 1 fully saturated rings. The van der Waals surface area contributed by atoms with Gasteiger partial charge in [0, 0.05) is 38.6 Å². The second-order valence-electron chi connectivity index (χ2n) is 7.50. The summed E-state index contributed by atoms with van der Waals surface area (Å²) in [6.45, 7) is 6.85. The van der Waals surface area contributed by atoms with Crippen molar-refractivity contribution in [3.63, 3.8) is 0 Å². The number of benzene rings is 1. The fraction of sp³-hybridized carbons (Fsp3) is 0.478. The second kappa shape index (κ2) is 10.2. The molecule has 0 radical (unpaired) electrons. The monoisotopic (exact) mass is 381 g/mol. The maximum atomic E-state index is 12.8. The average molecular weight is 382 g/mol. The van der Waals surface area contributed by atoms with Crippen LogP contribution in [0.15, 0.2) is 48.8 Å². The van der Waals surface area contributed by atoms with Crippen molar-refractivity contribution in [3.05, 3.63) is 59.9 Å². The van der Waals surface area contributed by atoms with Gasteiger partial charge in [-0.2, -0.15) is 0 Å². The molecule has 0 N–H and O–H groups in total. The van der Waals surface area contributed by atoms with E-state index < -0.39 is 0 Å². The lowest BCUT2D eigenvalue weighted by Crippen LogP contribution is -2.43. The number of hydrogen-bond donors (Lipinski definition) is 0. The number of rotatable bonds is 8. The van der Waals surface area contributed by atoms with E-state index in [0.717, 1.165) is 44.9 Å². The van der Waals surface area contributed by atoms with Crippen LogP contribution in [0.3, 0.4) is 0 Å². The molecule has 1 aliphatic heterocycles. The molecule has 0 spiro atoms. The molecule has 5 nitrogen and oxygen atoms in total. The number of nitrogens with zero attached hydrogens (tertiary/aromatic N) is 3. The highest BCUT2D eigenvalue weighted by Crippen LogP contribution is 2.20. The lowest BCUT2D eigenvalue weighted by Gasteiger charge is -2.35. The van der Waals surface area contributed by atoms with Crippen molar-refractivity contribution in [1.29, 1.82) is 0 Å². The normalized spacial score (nSPS) is 17.3. The van der Waals surface area contributed by atoms with Crippen molar-refractivity contribution in [3.8, 4) is 5.75 Å². The maximum absolute atomic E-state index is 12.8. The van der Waals surface area contributed by atoms with Gasteiger partial charge >= 0.3 is 0 Å². The second-order valence-corrected chi connectivity index (χ2v) is 7.50. The number of carbonyl (C=O) groups excluding carboxylic acids is 1. The summed E-state index contributed by atoms with van der Waals surface area (Å²) in [7, 11) is 1.71. The van der Waals surface area contributed by atoms with E-state index in [-0.39, 0.29) is 5.91 Å². The minimum absolute atomic E-state index is 0.0871. The first-order valence-corrected chi connectivity index (χ1v) is 10.2. The molecule has 0 aliphatic carbocycles. The Labute approximate surface area is 168 Å². The molecule has 28 heavy (non-hydrogen) atoms. The maximum Gasteiger partial charge on any atom is 0.255 e. The molecule has 1 amide bonds. The largest absolute Gasteiger partial charge is 0.497 e. The molecule has 2 aromatic rings. The van der Waals surface area contributed by atoms with Crippen LogP contribution >= 0.6 is 0 Å². The summed E-state index contributed by atoms with van der Waals surface area (Å²) in [5.74, 6) is 1.53. The number of amides is 1. The van der Waals surface area contributed by atoms with E-state index in [4.69, 9.17) is 4.74 Å². The van der Waals surface area contributed by atoms with Crippen molar-refractivity contribution >= 4 is 5.91 Å². The Kier molecular flexibility index (Phi) is 7.43. The molecule has 1 aromatic carbocycles. The standard InChI is InChI=1S/C23H31N3O2/c1-3-26(23(27)21-9-5-12-24-16-21)18-20-8-6-13-25(17-20)14-11-19-7-4-10-22(15-19)28-2/h4-5,7,9-10,12,15-16,20H,3,6,8,11,13-14,17-18H2,1-2H3/t20-/m1/s1. The van der Waals surface area contributed by atoms with Gasteiger partial charge in [-0.3, -0.25) is 9.78 Å². The van der Waals surface area contributed by atoms with Crippen LogP contribution in [-0.4, -0.2) is 60.5 Å². The molecule has 1 aliphatic rings. The minimum Gasteiger partial charge on any atom is -0.497 e. The fourth-order valence-electron chi connectivity index (χ4n) is 3.96. The quantitative estimate of drug-likeness (QED) is 0.702. The Morgan fingerprint density at radius 2 is 2.21 bits per heavy atom. The van der Waals surface area contributed by atoms with E-state index in [1.165, 1.54) is 18.4 Å². The third-order valence-electron chi connectivity index (χ3n) is 5.51. The average Bonchev–Trinajstić information content (AvgIpc) is 2.76. The highest BCUT2D eigenvalue weighted by atomic mass is 16.5. The molecular weight excluding hydrogens is 350 g/mol. The Morgan fingerprint density at radius 1 is 1.32 bits per heavy atom. The zero-order chi connectivity index (χ0) is 19.8. The number of hydrogen-bond acceptors (Lipinski definition) is 4. The number of aromatic nitrogens is 1. The van der Waals surface area contributed by atoms with Gasteiger partial charge in [0.15, 0.2) is 0 Å². The van der Waals surface area contributed by atoms with Crippen LogP contribution in [-0.2, 0) is 6.42 Å². The van der Waals surface area contributed by atoms with Crippen molar-refractivity contribution < 1.29 is 9.53 Å². The van der Waals surface area contributed by atoms with Gasteiger partial charge in [-0.15, -0.1) is 0 Å². The van der Waals surface area contributed by atoms with Crippen LogP contribution < -0.4 is 4.74 Å². The minimum atomic E-state index is 0.0871. The molecule has 5 heteroatoms. The highest BCUT2D eigenvalue weighted by molar-refractivity contribution is 5.93. The van der Waals surface area contributed by atoms with Crippen LogP contribution in [0.4, 0.5) is 0 Å². The number of ether oxygens (including phenoxy) is 1. The number of methoxy groups -OCH3 is 1. The van der Waals surface area contributed by atoms with Crippen LogP contribution in [0.5, 0.6) is 5.75 Å². The highest BCUT2D eigenvalue weighted by Gasteiger charge is 2.24. The third-order valence-corrected chi connectivity index (χ3v) is 5.51. The number of pyridine rings is 1. The van der Waals surface area contributed by atoms with Gasteiger partial charge < -0.3 is 14.5 Å². The predicted octanol–water partition coefficient (Wildman–Crippen LogP) is 3.51. The van der Waals surface area contributed by atoms with Crippen molar-refractivity contribution in [2.75, 3.05) is 39.8 Å². The van der Waals surface area contributed by atoms with Crippen molar-refractivity contribution in [1.82, 2.24) is 14.8 Å². The van der Waals surface area contributed by atoms with E-state index >= 15 is 0 Å². The molecule has 1 aromatic heterocycles. The third kappa shape index (κ3) is 5.55. The summed E-state index contributed by atoms with van der Waals surface area (Å²) in [6, 6.07) is 12.0. The summed E-state index contributed by atoms with van der Waals surface area (Å²) in [5, 5.41) is 0. The summed E-state index contributed by atoms with van der Waals surface area (Å²) in [4.78, 5) is 21.3. The topological polar surface area (TPSA) is 45.7 Å². The van der Waals surface area contributed by atoms with Crippen LogP contribution in [0.25, 0.3) is 0 Å². The molecule has 0 bridgehead atoms. The summed E-state index contributed by atoms with van der Waals surface area (Å²) >= 11 is 0. The Bertz CT molecular complexity index is 751. The molecule has 150 valence electrons. The fourth-order valence-corrected chi connectivity index (χ4v) is 3.96. The van der Waals surface area contributed by atoms with Gasteiger partial charge in [0.25, 0.3) is 5.91 Å². The van der Waals surface area contributed by atoms with Crippen molar-refractivity contribution in [2.24, 2.45) is 5.92 Å². The van der Waals surface area contributed by atoms with Crippen molar-refractivity contribution in [2.45, 2.75) is 26.2 Å². The SMILES string of the molecule is CCN(C[C@@H]1CCCN(CCc2cccc(OC)c2)C1)C(=O)c1cccnc1. The van der Waals surface area contributed by atoms with Gasteiger partial charge in [0.2, 0.25) is 0 Å². The smallest absolute Gasteiger partial charge is 0.255 e. The summed E-state index contributed by atoms with van der Waals surface area (Å²) in [6.07, 6.45) is 6.77. The van der Waals surface area contributed by atoms with E-state index in [1.54, 1.807) is 19.5 Å². The Hall–Kier alpha value is -2.40. The predicted molar refractivity (Wildman–Crippen MR) is 112 cm³/mol. The van der Waals surface area contributed by atoms with Crippen LogP contribution in [0, 0.1) is 5.92 Å². The lowest BCUT2D eigenvalue weighted by molar-refractivity contribution is 0.0690. The van der Waals surface area contributed by atoms with Gasteiger partial charge in [0.1, 0.15) is 5.75 Å². The van der Waals surface area contributed by atoms with Crippen LogP contribution in [0.2, 0.25) is 0 Å². The molecule has 3 rings (SSSR count). The molecule has 0 saturated carbocycles. The first-order chi connectivity index (χ1) is 13.7. The number of piperidine rings is 1. The number of likely N-dealkylation sites (tertiary alicyclic amines) is 1. The first-order valence-electron chi connectivity index (χ1n) is 10.2. The van der Waals surface area contributed by atoms with Gasteiger partial charge in [-0.25, -0.2) is 0 Å². The summed E-state index contributed by atoms with van der Waals surface area (Å²) < 4.78 is 5.32. The van der Waals surface area contributed by atoms with Gasteiger partial charge in [-0.05, 0) is 68.5 Å². The van der Waals surface area contributed by atoms with Gasteiger partial charge in [0.05, 0.1) is 12.7 Å². The Morgan fingerprint density at radius 3 is 2.96 bits per heavy atom. The number of carbonyl (C=O) groups is 1. The zero-order valence-electron chi connectivity index (χ0n) is 17.0. The first kappa shape index (κ1) is 20.3. The lowest BCUT2D eigenvalue weighted by atomic mass is 9.96. The van der Waals surface area contributed by atoms with Gasteiger partial charge in [-0.1, -0.05) is 12.1 Å². The molecular formula is C23H31N3O2.